The summed E-state index contributed by atoms with van der Waals surface area (Å²) >= 11 is 0. The zero-order valence-electron chi connectivity index (χ0n) is 9.59. The van der Waals surface area contributed by atoms with Gasteiger partial charge in [-0.3, -0.25) is 0 Å². The Labute approximate surface area is 86.7 Å². The van der Waals surface area contributed by atoms with E-state index in [-0.39, 0.29) is 0 Å². The molecule has 1 nitrogen and oxygen atoms in total. The van der Waals surface area contributed by atoms with Gasteiger partial charge in [-0.2, -0.15) is 0 Å². The Morgan fingerprint density at radius 2 is 2.07 bits per heavy atom. The largest absolute Gasteiger partial charge is 0.371 e. The zero-order valence-corrected chi connectivity index (χ0v) is 9.59. The molecule has 0 amide bonds. The molecule has 0 aliphatic carbocycles. The fraction of sp³-hybridized carbons (Fsp3) is 0.538. The number of anilines is 1. The molecule has 1 heterocycles. The summed E-state index contributed by atoms with van der Waals surface area (Å²) in [6, 6.07) is 6.82. The van der Waals surface area contributed by atoms with Crippen LogP contribution in [0.3, 0.4) is 0 Å². The van der Waals surface area contributed by atoms with E-state index in [4.69, 9.17) is 0 Å². The van der Waals surface area contributed by atoms with Crippen molar-refractivity contribution in [2.45, 2.75) is 33.1 Å². The molecule has 1 aliphatic heterocycles. The van der Waals surface area contributed by atoms with E-state index in [0.29, 0.717) is 5.41 Å². The van der Waals surface area contributed by atoms with Crippen LogP contribution in [0.5, 0.6) is 0 Å². The maximum absolute atomic E-state index is 2.47. The fourth-order valence-corrected chi connectivity index (χ4v) is 2.40. The Morgan fingerprint density at radius 3 is 2.71 bits per heavy atom. The van der Waals surface area contributed by atoms with Gasteiger partial charge in [0, 0.05) is 24.2 Å². The molecule has 14 heavy (non-hydrogen) atoms. The Hall–Kier alpha value is -0.980. The Morgan fingerprint density at radius 1 is 1.36 bits per heavy atom. The number of fused-ring (bicyclic) bond motifs is 1. The topological polar surface area (TPSA) is 3.24 Å². The van der Waals surface area contributed by atoms with Crippen LogP contribution >= 0.6 is 0 Å². The first kappa shape index (κ1) is 9.57. The molecular weight excluding hydrogens is 170 g/mol. The quantitative estimate of drug-likeness (QED) is 0.656. The highest BCUT2D eigenvalue weighted by molar-refractivity contribution is 5.62. The minimum Gasteiger partial charge on any atom is -0.371 e. The van der Waals surface area contributed by atoms with Gasteiger partial charge in [-0.15, -0.1) is 0 Å². The monoisotopic (exact) mass is 189 g/mol. The van der Waals surface area contributed by atoms with Crippen molar-refractivity contribution < 1.29 is 0 Å². The minimum absolute atomic E-state index is 0.317. The summed E-state index contributed by atoms with van der Waals surface area (Å²) < 4.78 is 0. The predicted octanol–water partition coefficient (Wildman–Crippen LogP) is 3.11. The van der Waals surface area contributed by atoms with Gasteiger partial charge in [0.25, 0.3) is 0 Å². The van der Waals surface area contributed by atoms with Crippen LogP contribution in [0.15, 0.2) is 18.2 Å². The molecular formula is C13H19N. The summed E-state index contributed by atoms with van der Waals surface area (Å²) in [6.07, 6.45) is 0. The van der Waals surface area contributed by atoms with Gasteiger partial charge >= 0.3 is 0 Å². The molecule has 1 aromatic carbocycles. The lowest BCUT2D eigenvalue weighted by Crippen LogP contribution is -2.28. The van der Waals surface area contributed by atoms with E-state index in [1.165, 1.54) is 16.8 Å². The van der Waals surface area contributed by atoms with Gasteiger partial charge in [0.2, 0.25) is 0 Å². The fourth-order valence-electron chi connectivity index (χ4n) is 2.40. The Kier molecular flexibility index (Phi) is 2.06. The third kappa shape index (κ3) is 1.31. The molecule has 0 saturated carbocycles. The summed E-state index contributed by atoms with van der Waals surface area (Å²) in [6.45, 7) is 11.3. The highest BCUT2D eigenvalue weighted by Crippen LogP contribution is 2.40. The molecule has 0 N–H and O–H groups in total. The number of rotatable bonds is 1. The third-order valence-corrected chi connectivity index (χ3v) is 3.19. The molecule has 1 aliphatic rings. The van der Waals surface area contributed by atoms with E-state index in [0.717, 1.165) is 13.1 Å². The van der Waals surface area contributed by atoms with Crippen molar-refractivity contribution >= 4 is 5.69 Å². The molecule has 0 unspecified atom stereocenters. The number of likely N-dealkylation sites (N-methyl/N-ethyl adjacent to an activating group) is 1. The van der Waals surface area contributed by atoms with Crippen molar-refractivity contribution in [2.75, 3.05) is 18.0 Å². The van der Waals surface area contributed by atoms with E-state index in [1.54, 1.807) is 0 Å². The highest BCUT2D eigenvalue weighted by atomic mass is 15.2. The number of nitrogens with zero attached hydrogens (tertiary/aromatic N) is 1. The second kappa shape index (κ2) is 3.01. The van der Waals surface area contributed by atoms with Crippen LogP contribution in [0.1, 0.15) is 31.9 Å². The first-order valence-corrected chi connectivity index (χ1v) is 5.40. The van der Waals surface area contributed by atoms with Crippen molar-refractivity contribution in [3.05, 3.63) is 29.3 Å². The third-order valence-electron chi connectivity index (χ3n) is 3.19. The molecule has 0 atom stereocenters. The number of aryl methyl sites for hydroxylation is 1. The lowest BCUT2D eigenvalue weighted by atomic mass is 9.86. The van der Waals surface area contributed by atoms with Crippen molar-refractivity contribution in [3.63, 3.8) is 0 Å². The smallest absolute Gasteiger partial charge is 0.0405 e. The summed E-state index contributed by atoms with van der Waals surface area (Å²) in [5.74, 6) is 0. The number of hydrogen-bond donors (Lipinski definition) is 0. The van der Waals surface area contributed by atoms with Crippen LogP contribution < -0.4 is 4.90 Å². The molecule has 76 valence electrons. The molecule has 1 aromatic rings. The van der Waals surface area contributed by atoms with Crippen molar-refractivity contribution in [1.29, 1.82) is 0 Å². The van der Waals surface area contributed by atoms with Gasteiger partial charge in [0.1, 0.15) is 0 Å². The molecule has 0 bridgehead atoms. The SMILES string of the molecule is CCN1CC(C)(C)c2cc(C)ccc21. The normalized spacial score (nSPS) is 18.4. The van der Waals surface area contributed by atoms with Crippen molar-refractivity contribution in [1.82, 2.24) is 0 Å². The Bertz CT molecular complexity index is 352. The maximum Gasteiger partial charge on any atom is 0.0405 e. The minimum atomic E-state index is 0.317. The first-order chi connectivity index (χ1) is 6.54. The van der Waals surface area contributed by atoms with Crippen LogP contribution in [-0.2, 0) is 5.41 Å². The average Bonchev–Trinajstić information content (AvgIpc) is 2.38. The molecule has 0 saturated heterocycles. The summed E-state index contributed by atoms with van der Waals surface area (Å²) in [5, 5.41) is 0. The van der Waals surface area contributed by atoms with E-state index in [1.807, 2.05) is 0 Å². The molecule has 0 radical (unpaired) electrons. The number of hydrogen-bond acceptors (Lipinski definition) is 1. The van der Waals surface area contributed by atoms with E-state index >= 15 is 0 Å². The van der Waals surface area contributed by atoms with Gasteiger partial charge in [-0.1, -0.05) is 31.5 Å². The van der Waals surface area contributed by atoms with Crippen LogP contribution in [0, 0.1) is 6.92 Å². The van der Waals surface area contributed by atoms with E-state index < -0.39 is 0 Å². The van der Waals surface area contributed by atoms with Crippen LogP contribution in [0.25, 0.3) is 0 Å². The molecule has 0 fully saturated rings. The van der Waals surface area contributed by atoms with Crippen molar-refractivity contribution in [2.24, 2.45) is 0 Å². The van der Waals surface area contributed by atoms with Crippen molar-refractivity contribution in [3.8, 4) is 0 Å². The standard InChI is InChI=1S/C13H19N/c1-5-14-9-13(3,4)11-8-10(2)6-7-12(11)14/h6-8H,5,9H2,1-4H3. The second-order valence-corrected chi connectivity index (χ2v) is 4.92. The van der Waals surface area contributed by atoms with Gasteiger partial charge in [-0.25, -0.2) is 0 Å². The van der Waals surface area contributed by atoms with Gasteiger partial charge < -0.3 is 4.90 Å². The van der Waals surface area contributed by atoms with Crippen LogP contribution in [0.4, 0.5) is 5.69 Å². The maximum atomic E-state index is 2.47. The lowest BCUT2D eigenvalue weighted by Gasteiger charge is -2.20. The summed E-state index contributed by atoms with van der Waals surface area (Å²) in [4.78, 5) is 2.47. The predicted molar refractivity (Wildman–Crippen MR) is 62.1 cm³/mol. The van der Waals surface area contributed by atoms with Crippen LogP contribution in [-0.4, -0.2) is 13.1 Å². The van der Waals surface area contributed by atoms with Crippen LogP contribution in [0.2, 0.25) is 0 Å². The summed E-state index contributed by atoms with van der Waals surface area (Å²) in [7, 11) is 0. The van der Waals surface area contributed by atoms with Gasteiger partial charge in [0.05, 0.1) is 0 Å². The number of benzene rings is 1. The second-order valence-electron chi connectivity index (χ2n) is 4.92. The highest BCUT2D eigenvalue weighted by Gasteiger charge is 2.33. The molecule has 0 spiro atoms. The average molecular weight is 189 g/mol. The first-order valence-electron chi connectivity index (χ1n) is 5.40. The van der Waals surface area contributed by atoms with E-state index in [2.05, 4.69) is 50.8 Å². The molecule has 1 heteroatoms. The van der Waals surface area contributed by atoms with E-state index in [9.17, 15) is 0 Å². The van der Waals surface area contributed by atoms with Gasteiger partial charge in [0.15, 0.2) is 0 Å². The Balaban J connectivity index is 2.54. The molecule has 2 rings (SSSR count). The van der Waals surface area contributed by atoms with Gasteiger partial charge in [-0.05, 0) is 25.5 Å². The molecule has 0 aromatic heterocycles. The summed E-state index contributed by atoms with van der Waals surface area (Å²) in [5.41, 5.74) is 4.63. The lowest BCUT2D eigenvalue weighted by molar-refractivity contribution is 0.554. The zero-order chi connectivity index (χ0) is 10.3.